The van der Waals surface area contributed by atoms with Gasteiger partial charge < -0.3 is 0 Å². The maximum absolute atomic E-state index is 12.8. The summed E-state index contributed by atoms with van der Waals surface area (Å²) in [5, 5.41) is -0.493. The topological polar surface area (TPSA) is 17.1 Å². The molecule has 0 aromatic heterocycles. The highest BCUT2D eigenvalue weighted by molar-refractivity contribution is 14.1. The number of hydrogen-bond acceptors (Lipinski definition) is 1. The van der Waals surface area contributed by atoms with E-state index in [2.05, 4.69) is 15.9 Å². The number of alkyl halides is 7. The van der Waals surface area contributed by atoms with Gasteiger partial charge in [0.25, 0.3) is 0 Å². The number of hydrogen-bond donors (Lipinski definition) is 0. The smallest absolute Gasteiger partial charge is 0.293 e. The maximum atomic E-state index is 12.8. The molecule has 0 aliphatic heterocycles. The molecule has 1 nitrogen and oxygen atoms in total. The zero-order valence-corrected chi connectivity index (χ0v) is 12.5. The summed E-state index contributed by atoms with van der Waals surface area (Å²) in [7, 11) is 0. The Bertz CT molecular complexity index is 508. The summed E-state index contributed by atoms with van der Waals surface area (Å²) in [5.74, 6) is -1.06. The minimum atomic E-state index is -4.90. The lowest BCUT2D eigenvalue weighted by atomic mass is 10.0. The van der Waals surface area contributed by atoms with Gasteiger partial charge in [-0.1, -0.05) is 15.9 Å². The Balaban J connectivity index is 3.62. The summed E-state index contributed by atoms with van der Waals surface area (Å²) in [4.78, 5) is 11.4. The lowest BCUT2D eigenvalue weighted by molar-refractivity contribution is -0.142. The molecule has 1 aromatic rings. The van der Waals surface area contributed by atoms with Crippen LogP contribution in [-0.2, 0) is 12.4 Å². The van der Waals surface area contributed by atoms with E-state index in [9.17, 15) is 31.1 Å². The number of ketones is 1. The molecule has 19 heavy (non-hydrogen) atoms. The Morgan fingerprint density at radius 1 is 1.11 bits per heavy atom. The largest absolute Gasteiger partial charge is 0.418 e. The van der Waals surface area contributed by atoms with Gasteiger partial charge in [0.2, 0.25) is 0 Å². The fourth-order valence-corrected chi connectivity index (χ4v) is 2.58. The molecule has 0 saturated carbocycles. The van der Waals surface area contributed by atoms with Crippen molar-refractivity contribution in [1.82, 2.24) is 0 Å². The normalized spacial score (nSPS) is 12.6. The molecule has 0 fully saturated rings. The fourth-order valence-electron chi connectivity index (χ4n) is 1.35. The van der Waals surface area contributed by atoms with Gasteiger partial charge in [-0.25, -0.2) is 0 Å². The van der Waals surface area contributed by atoms with Crippen LogP contribution in [0.4, 0.5) is 26.3 Å². The van der Waals surface area contributed by atoms with Gasteiger partial charge in [-0.05, 0) is 34.7 Å². The monoisotopic (exact) mass is 460 g/mol. The van der Waals surface area contributed by atoms with Crippen LogP contribution in [0.3, 0.4) is 0 Å². The van der Waals surface area contributed by atoms with E-state index in [0.717, 1.165) is 22.6 Å². The third kappa shape index (κ3) is 3.83. The first kappa shape index (κ1) is 16.7. The van der Waals surface area contributed by atoms with Crippen molar-refractivity contribution in [2.24, 2.45) is 0 Å². The molecule has 0 radical (unpaired) electrons. The predicted molar refractivity (Wildman–Crippen MR) is 67.3 cm³/mol. The molecule has 0 heterocycles. The second-order valence-corrected chi connectivity index (χ2v) is 5.16. The second kappa shape index (κ2) is 5.58. The van der Waals surface area contributed by atoms with E-state index in [1.54, 1.807) is 0 Å². The van der Waals surface area contributed by atoms with E-state index >= 15 is 0 Å². The molecule has 0 unspecified atom stereocenters. The molecule has 106 valence electrons. The van der Waals surface area contributed by atoms with Crippen LogP contribution < -0.4 is 0 Å². The van der Waals surface area contributed by atoms with Crippen molar-refractivity contribution in [3.05, 3.63) is 32.4 Å². The second-order valence-electron chi connectivity index (χ2n) is 3.43. The van der Waals surface area contributed by atoms with Gasteiger partial charge in [0.15, 0.2) is 5.78 Å². The summed E-state index contributed by atoms with van der Waals surface area (Å²) < 4.78 is 75.3. The highest BCUT2D eigenvalue weighted by atomic mass is 127. The zero-order chi connectivity index (χ0) is 15.0. The Morgan fingerprint density at radius 3 is 2.00 bits per heavy atom. The number of benzene rings is 1. The van der Waals surface area contributed by atoms with Crippen LogP contribution in [0.5, 0.6) is 0 Å². The minimum absolute atomic E-state index is 0.231. The summed E-state index contributed by atoms with van der Waals surface area (Å²) in [6, 6.07) is 0.600. The maximum Gasteiger partial charge on any atom is 0.418 e. The number of rotatable bonds is 2. The number of halogens is 8. The van der Waals surface area contributed by atoms with Crippen LogP contribution in [-0.4, -0.2) is 11.1 Å². The average molecular weight is 461 g/mol. The summed E-state index contributed by atoms with van der Waals surface area (Å²) >= 11 is 3.79. The van der Waals surface area contributed by atoms with Crippen LogP contribution in [0.25, 0.3) is 0 Å². The van der Waals surface area contributed by atoms with Crippen molar-refractivity contribution in [3.8, 4) is 0 Å². The third-order valence-corrected chi connectivity index (χ3v) is 3.48. The Hall–Kier alpha value is -0.320. The van der Waals surface area contributed by atoms with Crippen molar-refractivity contribution in [2.45, 2.75) is 12.4 Å². The molecule has 9 heteroatoms. The van der Waals surface area contributed by atoms with Gasteiger partial charge in [0.1, 0.15) is 0 Å². The van der Waals surface area contributed by atoms with E-state index < -0.39 is 43.7 Å². The molecule has 0 saturated heterocycles. The van der Waals surface area contributed by atoms with E-state index in [1.807, 2.05) is 0 Å². The molecule has 0 aliphatic carbocycles. The lowest BCUT2D eigenvalue weighted by Gasteiger charge is -2.16. The highest BCUT2D eigenvalue weighted by Crippen LogP contribution is 2.39. The predicted octanol–water partition coefficient (Wildman–Crippen LogP) is 4.91. The third-order valence-electron chi connectivity index (χ3n) is 2.12. The molecule has 0 amide bonds. The van der Waals surface area contributed by atoms with Gasteiger partial charge in [-0.3, -0.25) is 4.79 Å². The van der Waals surface area contributed by atoms with E-state index in [0.29, 0.717) is 6.07 Å². The molecule has 0 bridgehead atoms. The fraction of sp³-hybridized carbons (Fsp3) is 0.300. The molecule has 0 spiro atoms. The van der Waals surface area contributed by atoms with Crippen LogP contribution in [0.2, 0.25) is 0 Å². The summed E-state index contributed by atoms with van der Waals surface area (Å²) in [6.45, 7) is 0. The van der Waals surface area contributed by atoms with Crippen molar-refractivity contribution in [3.63, 3.8) is 0 Å². The Kier molecular flexibility index (Phi) is 4.92. The SMILES string of the molecule is O=C(CBr)c1cc(C(F)(F)F)cc(I)c1C(F)(F)F. The van der Waals surface area contributed by atoms with Crippen molar-refractivity contribution in [1.29, 1.82) is 0 Å². The quantitative estimate of drug-likeness (QED) is 0.265. The van der Waals surface area contributed by atoms with E-state index in [4.69, 9.17) is 0 Å². The molecule has 0 N–H and O–H groups in total. The first-order valence-electron chi connectivity index (χ1n) is 4.55. The zero-order valence-electron chi connectivity index (χ0n) is 8.79. The first-order valence-corrected chi connectivity index (χ1v) is 6.75. The van der Waals surface area contributed by atoms with E-state index in [-0.39, 0.29) is 6.07 Å². The van der Waals surface area contributed by atoms with Gasteiger partial charge >= 0.3 is 12.4 Å². The average Bonchev–Trinajstić information content (AvgIpc) is 2.23. The molecule has 0 aliphatic rings. The standard InChI is InChI=1S/C10H4BrF6IO/c11-3-7(19)5-1-4(9(12,13)14)2-6(18)8(5)10(15,16)17/h1-2H,3H2. The van der Waals surface area contributed by atoms with Gasteiger partial charge in [0.05, 0.1) is 16.5 Å². The molecule has 1 rings (SSSR count). The first-order chi connectivity index (χ1) is 8.48. The number of carbonyl (C=O) groups is 1. The van der Waals surface area contributed by atoms with Crippen molar-refractivity contribution in [2.75, 3.05) is 5.33 Å². The lowest BCUT2D eigenvalue weighted by Crippen LogP contribution is -2.18. The van der Waals surface area contributed by atoms with Crippen LogP contribution >= 0.6 is 38.5 Å². The Morgan fingerprint density at radius 2 is 1.63 bits per heavy atom. The van der Waals surface area contributed by atoms with Crippen molar-refractivity contribution < 1.29 is 31.1 Å². The van der Waals surface area contributed by atoms with Gasteiger partial charge in [0, 0.05) is 9.13 Å². The number of Topliss-reactive ketones (excluding diaryl/α,β-unsaturated/α-hetero) is 1. The van der Waals surface area contributed by atoms with Crippen LogP contribution in [0, 0.1) is 3.57 Å². The number of carbonyl (C=O) groups excluding carboxylic acids is 1. The summed E-state index contributed by atoms with van der Waals surface area (Å²) in [6.07, 6.45) is -9.71. The minimum Gasteiger partial charge on any atom is -0.293 e. The Labute approximate surface area is 125 Å². The highest BCUT2D eigenvalue weighted by Gasteiger charge is 2.40. The van der Waals surface area contributed by atoms with Crippen LogP contribution in [0.1, 0.15) is 21.5 Å². The van der Waals surface area contributed by atoms with Crippen molar-refractivity contribution >= 4 is 44.3 Å². The van der Waals surface area contributed by atoms with Gasteiger partial charge in [-0.2, -0.15) is 26.3 Å². The molecule has 1 aromatic carbocycles. The van der Waals surface area contributed by atoms with Crippen LogP contribution in [0.15, 0.2) is 12.1 Å². The summed E-state index contributed by atoms with van der Waals surface area (Å²) in [5.41, 5.74) is -3.61. The van der Waals surface area contributed by atoms with Gasteiger partial charge in [-0.15, -0.1) is 0 Å². The molecular weight excluding hydrogens is 457 g/mol. The molecule has 0 atom stereocenters. The molecular formula is C10H4BrF6IO. The van der Waals surface area contributed by atoms with E-state index in [1.165, 1.54) is 0 Å².